The molecule has 0 atom stereocenters. The first-order chi connectivity index (χ1) is 9.40. The molecular formula is C12H15F3N2O3. The Kier molecular flexibility index (Phi) is 6.10. The summed E-state index contributed by atoms with van der Waals surface area (Å²) in [5, 5.41) is 0. The van der Waals surface area contributed by atoms with Crippen molar-refractivity contribution in [1.82, 2.24) is 5.43 Å². The lowest BCUT2D eigenvalue weighted by Gasteiger charge is -2.10. The van der Waals surface area contributed by atoms with Crippen molar-refractivity contribution in [1.29, 1.82) is 0 Å². The normalized spacial score (nSPS) is 11.0. The molecule has 0 unspecified atom stereocenters. The molecule has 1 rings (SSSR count). The van der Waals surface area contributed by atoms with Crippen molar-refractivity contribution in [2.75, 3.05) is 6.61 Å². The number of hydrogen-bond donors (Lipinski definition) is 2. The van der Waals surface area contributed by atoms with E-state index in [1.807, 2.05) is 5.43 Å². The van der Waals surface area contributed by atoms with Gasteiger partial charge in [-0.2, -0.15) is 0 Å². The quantitative estimate of drug-likeness (QED) is 0.349. The lowest BCUT2D eigenvalue weighted by atomic mass is 10.2. The Morgan fingerprint density at radius 3 is 2.30 bits per heavy atom. The summed E-state index contributed by atoms with van der Waals surface area (Å²) in [5.74, 6) is 4.79. The summed E-state index contributed by atoms with van der Waals surface area (Å²) in [7, 11) is 0. The van der Waals surface area contributed by atoms with Crippen molar-refractivity contribution in [2.24, 2.45) is 5.84 Å². The topological polar surface area (TPSA) is 73.6 Å². The van der Waals surface area contributed by atoms with Crippen LogP contribution in [0, 0.1) is 0 Å². The van der Waals surface area contributed by atoms with Crippen molar-refractivity contribution in [2.45, 2.75) is 25.6 Å². The zero-order valence-corrected chi connectivity index (χ0v) is 10.6. The minimum atomic E-state index is -4.70. The Labute approximate surface area is 113 Å². The van der Waals surface area contributed by atoms with Crippen LogP contribution >= 0.6 is 0 Å². The fourth-order valence-corrected chi connectivity index (χ4v) is 1.39. The Balaban J connectivity index is 2.26. The zero-order valence-electron chi connectivity index (χ0n) is 10.6. The van der Waals surface area contributed by atoms with Crippen LogP contribution in [0.3, 0.4) is 0 Å². The minimum Gasteiger partial charge on any atom is -0.494 e. The standard InChI is InChI=1S/C12H15F3N2O3/c13-12(14,15)20-10-6-4-9(5-7-10)19-8-2-1-3-11(18)17-16/h4-7H,1-3,8,16H2,(H,17,18). The van der Waals surface area contributed by atoms with E-state index in [1.54, 1.807) is 0 Å². The van der Waals surface area contributed by atoms with E-state index in [2.05, 4.69) is 4.74 Å². The number of ether oxygens (including phenoxy) is 2. The van der Waals surface area contributed by atoms with Gasteiger partial charge in [0.15, 0.2) is 0 Å². The molecule has 5 nitrogen and oxygen atoms in total. The number of hydrogen-bond acceptors (Lipinski definition) is 4. The molecule has 0 aliphatic carbocycles. The second-order valence-corrected chi connectivity index (χ2v) is 3.89. The Morgan fingerprint density at radius 1 is 1.15 bits per heavy atom. The van der Waals surface area contributed by atoms with Crippen LogP contribution in [0.25, 0.3) is 0 Å². The number of benzene rings is 1. The number of carbonyl (C=O) groups excluding carboxylic acids is 1. The Hall–Kier alpha value is -1.96. The van der Waals surface area contributed by atoms with Crippen LogP contribution in [-0.2, 0) is 4.79 Å². The van der Waals surface area contributed by atoms with Gasteiger partial charge >= 0.3 is 6.36 Å². The van der Waals surface area contributed by atoms with Gasteiger partial charge in [0.05, 0.1) is 6.61 Å². The summed E-state index contributed by atoms with van der Waals surface area (Å²) in [6.45, 7) is 0.358. The first-order valence-corrected chi connectivity index (χ1v) is 5.89. The third kappa shape index (κ3) is 6.83. The number of unbranched alkanes of at least 4 members (excludes halogenated alkanes) is 1. The molecule has 0 spiro atoms. The molecule has 1 aromatic rings. The van der Waals surface area contributed by atoms with Gasteiger partial charge in [0.2, 0.25) is 5.91 Å². The molecule has 1 amide bonds. The van der Waals surface area contributed by atoms with Crippen molar-refractivity contribution in [3.8, 4) is 11.5 Å². The monoisotopic (exact) mass is 292 g/mol. The number of halogens is 3. The number of alkyl halides is 3. The van der Waals surface area contributed by atoms with Crippen molar-refractivity contribution < 1.29 is 27.4 Å². The molecule has 0 aromatic heterocycles. The molecule has 0 fully saturated rings. The highest BCUT2D eigenvalue weighted by Crippen LogP contribution is 2.24. The van der Waals surface area contributed by atoms with Gasteiger partial charge in [-0.05, 0) is 37.1 Å². The average Bonchev–Trinajstić information content (AvgIpc) is 2.38. The summed E-state index contributed by atoms with van der Waals surface area (Å²) in [4.78, 5) is 10.8. The maximum atomic E-state index is 11.9. The SMILES string of the molecule is NNC(=O)CCCCOc1ccc(OC(F)(F)F)cc1. The predicted octanol–water partition coefficient (Wildman–Crippen LogP) is 2.12. The molecule has 0 saturated heterocycles. The van der Waals surface area contributed by atoms with Crippen LogP contribution < -0.4 is 20.7 Å². The molecule has 20 heavy (non-hydrogen) atoms. The third-order valence-electron chi connectivity index (χ3n) is 2.29. The molecule has 8 heteroatoms. The Bertz CT molecular complexity index is 421. The molecular weight excluding hydrogens is 277 g/mol. The van der Waals surface area contributed by atoms with E-state index < -0.39 is 6.36 Å². The van der Waals surface area contributed by atoms with Crippen molar-refractivity contribution in [3.63, 3.8) is 0 Å². The number of hydrazine groups is 1. The third-order valence-corrected chi connectivity index (χ3v) is 2.29. The summed E-state index contributed by atoms with van der Waals surface area (Å²) >= 11 is 0. The maximum absolute atomic E-state index is 11.9. The molecule has 0 bridgehead atoms. The van der Waals surface area contributed by atoms with Gasteiger partial charge in [-0.15, -0.1) is 13.2 Å². The number of amides is 1. The second-order valence-electron chi connectivity index (χ2n) is 3.89. The first kappa shape index (κ1) is 16.1. The maximum Gasteiger partial charge on any atom is 0.573 e. The summed E-state index contributed by atoms with van der Waals surface area (Å²) in [6.07, 6.45) is -3.16. The first-order valence-electron chi connectivity index (χ1n) is 5.89. The van der Waals surface area contributed by atoms with Crippen LogP contribution in [0.15, 0.2) is 24.3 Å². The lowest BCUT2D eigenvalue weighted by Crippen LogP contribution is -2.29. The zero-order chi connectivity index (χ0) is 15.0. The Morgan fingerprint density at radius 2 is 1.75 bits per heavy atom. The van der Waals surface area contributed by atoms with Crippen molar-refractivity contribution >= 4 is 5.91 Å². The highest BCUT2D eigenvalue weighted by molar-refractivity contribution is 5.75. The molecule has 0 heterocycles. The summed E-state index contributed by atoms with van der Waals surface area (Å²) in [5.41, 5.74) is 2.01. The lowest BCUT2D eigenvalue weighted by molar-refractivity contribution is -0.274. The van der Waals surface area contributed by atoms with Crippen LogP contribution in [0.1, 0.15) is 19.3 Å². The van der Waals surface area contributed by atoms with E-state index in [4.69, 9.17) is 10.6 Å². The van der Waals surface area contributed by atoms with Gasteiger partial charge in [0.25, 0.3) is 0 Å². The summed E-state index contributed by atoms with van der Waals surface area (Å²) in [6, 6.07) is 5.11. The number of carbonyl (C=O) groups is 1. The number of nitrogens with two attached hydrogens (primary N) is 1. The second kappa shape index (κ2) is 7.59. The van der Waals surface area contributed by atoms with Gasteiger partial charge in [-0.25, -0.2) is 5.84 Å². The van der Waals surface area contributed by atoms with E-state index in [0.717, 1.165) is 0 Å². The van der Waals surface area contributed by atoms with Crippen LogP contribution in [0.5, 0.6) is 11.5 Å². The van der Waals surface area contributed by atoms with E-state index >= 15 is 0 Å². The molecule has 0 saturated carbocycles. The molecule has 1 aromatic carbocycles. The van der Waals surface area contributed by atoms with E-state index in [0.29, 0.717) is 31.6 Å². The minimum absolute atomic E-state index is 0.251. The van der Waals surface area contributed by atoms with Crippen LogP contribution in [-0.4, -0.2) is 18.9 Å². The molecule has 0 aliphatic rings. The van der Waals surface area contributed by atoms with Crippen LogP contribution in [0.4, 0.5) is 13.2 Å². The van der Waals surface area contributed by atoms with Gasteiger partial charge < -0.3 is 9.47 Å². The van der Waals surface area contributed by atoms with Gasteiger partial charge in [0, 0.05) is 6.42 Å². The molecule has 0 aliphatic heterocycles. The van der Waals surface area contributed by atoms with Crippen molar-refractivity contribution in [3.05, 3.63) is 24.3 Å². The largest absolute Gasteiger partial charge is 0.573 e. The highest BCUT2D eigenvalue weighted by atomic mass is 19.4. The molecule has 0 radical (unpaired) electrons. The smallest absolute Gasteiger partial charge is 0.494 e. The molecule has 3 N–H and O–H groups in total. The number of rotatable bonds is 7. The van der Waals surface area contributed by atoms with Gasteiger partial charge in [-0.3, -0.25) is 10.2 Å². The number of nitrogens with one attached hydrogen (secondary N) is 1. The fourth-order valence-electron chi connectivity index (χ4n) is 1.39. The van der Waals surface area contributed by atoms with Gasteiger partial charge in [0.1, 0.15) is 11.5 Å². The predicted molar refractivity (Wildman–Crippen MR) is 64.8 cm³/mol. The van der Waals surface area contributed by atoms with E-state index in [-0.39, 0.29) is 11.7 Å². The van der Waals surface area contributed by atoms with E-state index in [9.17, 15) is 18.0 Å². The average molecular weight is 292 g/mol. The fraction of sp³-hybridized carbons (Fsp3) is 0.417. The van der Waals surface area contributed by atoms with Gasteiger partial charge in [-0.1, -0.05) is 0 Å². The highest BCUT2D eigenvalue weighted by Gasteiger charge is 2.30. The summed E-state index contributed by atoms with van der Waals surface area (Å²) < 4.78 is 44.8. The molecule has 112 valence electrons. The van der Waals surface area contributed by atoms with E-state index in [1.165, 1.54) is 24.3 Å². The van der Waals surface area contributed by atoms with Crippen LogP contribution in [0.2, 0.25) is 0 Å².